The predicted molar refractivity (Wildman–Crippen MR) is 76.8 cm³/mol. The Morgan fingerprint density at radius 1 is 1.39 bits per heavy atom. The fourth-order valence-corrected chi connectivity index (χ4v) is 2.37. The Bertz CT molecular complexity index is 465. The van der Waals surface area contributed by atoms with Gasteiger partial charge in [-0.3, -0.25) is 0 Å². The summed E-state index contributed by atoms with van der Waals surface area (Å²) in [7, 11) is 0. The monoisotopic (exact) mass is 263 g/mol. The maximum absolute atomic E-state index is 4.42. The van der Waals surface area contributed by atoms with Crippen molar-refractivity contribution in [3.05, 3.63) is 40.6 Å². The molecule has 0 atom stereocenters. The van der Waals surface area contributed by atoms with E-state index in [0.717, 1.165) is 25.2 Å². The summed E-state index contributed by atoms with van der Waals surface area (Å²) >= 11 is 1.82. The summed E-state index contributed by atoms with van der Waals surface area (Å²) in [6.07, 6.45) is 5.14. The lowest BCUT2D eigenvalue weighted by molar-refractivity contribution is 0.421. The van der Waals surface area contributed by atoms with Gasteiger partial charge in [-0.2, -0.15) is 0 Å². The summed E-state index contributed by atoms with van der Waals surface area (Å²) in [5.74, 6) is 0. The first-order valence-electron chi connectivity index (χ1n) is 6.31. The highest BCUT2D eigenvalue weighted by Gasteiger charge is 2.09. The predicted octanol–water partition coefficient (Wildman–Crippen LogP) is 3.08. The van der Waals surface area contributed by atoms with Gasteiger partial charge in [0.05, 0.1) is 12.0 Å². The van der Waals surface area contributed by atoms with Crippen molar-refractivity contribution in [1.82, 2.24) is 14.9 Å². The summed E-state index contributed by atoms with van der Waals surface area (Å²) < 4.78 is 2.17. The number of thiophene rings is 1. The van der Waals surface area contributed by atoms with Gasteiger partial charge in [-0.05, 0) is 38.6 Å². The first-order valence-corrected chi connectivity index (χ1v) is 7.19. The van der Waals surface area contributed by atoms with Crippen LogP contribution in [0.2, 0.25) is 0 Å². The molecule has 0 unspecified atom stereocenters. The van der Waals surface area contributed by atoms with E-state index in [2.05, 4.69) is 59.3 Å². The maximum Gasteiger partial charge on any atom is 0.0950 e. The number of nitrogens with one attached hydrogen (secondary N) is 1. The van der Waals surface area contributed by atoms with Gasteiger partial charge in [-0.15, -0.1) is 11.3 Å². The lowest BCUT2D eigenvalue weighted by atomic mass is 10.1. The van der Waals surface area contributed by atoms with Gasteiger partial charge in [0.2, 0.25) is 0 Å². The summed E-state index contributed by atoms with van der Waals surface area (Å²) in [5.41, 5.74) is 1.25. The number of aryl methyl sites for hydroxylation is 2. The van der Waals surface area contributed by atoms with Crippen molar-refractivity contribution in [2.75, 3.05) is 0 Å². The first-order chi connectivity index (χ1) is 8.53. The van der Waals surface area contributed by atoms with Gasteiger partial charge in [0.15, 0.2) is 0 Å². The Kier molecular flexibility index (Phi) is 4.19. The molecule has 0 aliphatic heterocycles. The molecule has 2 rings (SSSR count). The molecule has 0 saturated heterocycles. The number of hydrogen-bond acceptors (Lipinski definition) is 3. The molecule has 0 bridgehead atoms. The summed E-state index contributed by atoms with van der Waals surface area (Å²) in [6, 6.07) is 4.29. The van der Waals surface area contributed by atoms with E-state index in [-0.39, 0.29) is 5.54 Å². The van der Waals surface area contributed by atoms with E-state index in [4.69, 9.17) is 0 Å². The van der Waals surface area contributed by atoms with E-state index in [1.165, 1.54) is 4.88 Å². The van der Waals surface area contributed by atoms with Gasteiger partial charge in [0.1, 0.15) is 0 Å². The van der Waals surface area contributed by atoms with Crippen LogP contribution in [0.25, 0.3) is 0 Å². The summed E-state index contributed by atoms with van der Waals surface area (Å²) in [6.45, 7) is 8.33. The Labute approximate surface area is 113 Å². The van der Waals surface area contributed by atoms with Crippen LogP contribution in [-0.4, -0.2) is 15.1 Å². The molecule has 0 amide bonds. The minimum atomic E-state index is 0.140. The fraction of sp³-hybridized carbons (Fsp3) is 0.500. The smallest absolute Gasteiger partial charge is 0.0950 e. The van der Waals surface area contributed by atoms with E-state index in [1.54, 1.807) is 0 Å². The zero-order valence-corrected chi connectivity index (χ0v) is 12.1. The van der Waals surface area contributed by atoms with Crippen molar-refractivity contribution >= 4 is 11.3 Å². The lowest BCUT2D eigenvalue weighted by Crippen LogP contribution is -2.35. The van der Waals surface area contributed by atoms with Gasteiger partial charge in [0, 0.05) is 29.7 Å². The molecular formula is C14H21N3S. The van der Waals surface area contributed by atoms with E-state index in [0.29, 0.717) is 0 Å². The minimum Gasteiger partial charge on any atom is -0.337 e. The van der Waals surface area contributed by atoms with Crippen molar-refractivity contribution in [3.63, 3.8) is 0 Å². The van der Waals surface area contributed by atoms with Gasteiger partial charge >= 0.3 is 0 Å². The largest absolute Gasteiger partial charge is 0.337 e. The van der Waals surface area contributed by atoms with Crippen LogP contribution in [0.3, 0.4) is 0 Å². The highest BCUT2D eigenvalue weighted by atomic mass is 32.1. The van der Waals surface area contributed by atoms with Crippen LogP contribution in [0.15, 0.2) is 30.0 Å². The Morgan fingerprint density at radius 2 is 2.22 bits per heavy atom. The molecule has 98 valence electrons. The minimum absolute atomic E-state index is 0.140. The van der Waals surface area contributed by atoms with E-state index in [1.807, 2.05) is 17.7 Å². The lowest BCUT2D eigenvalue weighted by Gasteiger charge is -2.19. The number of hydrogen-bond donors (Lipinski definition) is 1. The van der Waals surface area contributed by atoms with Gasteiger partial charge in [-0.1, -0.05) is 6.07 Å². The molecule has 0 saturated carbocycles. The Hall–Kier alpha value is -1.13. The van der Waals surface area contributed by atoms with Crippen LogP contribution in [0.5, 0.6) is 0 Å². The van der Waals surface area contributed by atoms with Crippen LogP contribution in [-0.2, 0) is 19.5 Å². The molecule has 1 N–H and O–H groups in total. The van der Waals surface area contributed by atoms with Crippen molar-refractivity contribution in [2.45, 2.75) is 45.8 Å². The number of rotatable bonds is 5. The molecule has 0 aromatic carbocycles. The molecule has 2 aromatic heterocycles. The topological polar surface area (TPSA) is 29.9 Å². The zero-order valence-electron chi connectivity index (χ0n) is 11.3. The van der Waals surface area contributed by atoms with Crippen molar-refractivity contribution in [1.29, 1.82) is 0 Å². The van der Waals surface area contributed by atoms with Crippen LogP contribution < -0.4 is 5.32 Å². The van der Waals surface area contributed by atoms with Crippen molar-refractivity contribution in [2.24, 2.45) is 0 Å². The molecule has 0 fully saturated rings. The molecule has 0 aliphatic carbocycles. The van der Waals surface area contributed by atoms with Crippen LogP contribution >= 0.6 is 11.3 Å². The number of nitrogens with zero attached hydrogens (tertiary/aromatic N) is 2. The summed E-state index contributed by atoms with van der Waals surface area (Å²) in [5, 5.41) is 5.57. The molecule has 0 radical (unpaired) electrons. The van der Waals surface area contributed by atoms with Crippen molar-refractivity contribution in [3.8, 4) is 0 Å². The van der Waals surface area contributed by atoms with E-state index >= 15 is 0 Å². The second-order valence-corrected chi connectivity index (χ2v) is 6.57. The zero-order chi connectivity index (χ0) is 13.0. The Morgan fingerprint density at radius 3 is 2.89 bits per heavy atom. The molecular weight excluding hydrogens is 242 g/mol. The van der Waals surface area contributed by atoms with Gasteiger partial charge < -0.3 is 9.88 Å². The molecule has 0 aliphatic rings. The average Bonchev–Trinajstić information content (AvgIpc) is 2.94. The molecule has 0 spiro atoms. The second kappa shape index (κ2) is 5.67. The molecule has 2 aromatic rings. The molecule has 4 heteroatoms. The highest BCUT2D eigenvalue weighted by Crippen LogP contribution is 2.10. The van der Waals surface area contributed by atoms with Gasteiger partial charge in [-0.25, -0.2) is 4.98 Å². The third-order valence-electron chi connectivity index (χ3n) is 2.68. The summed E-state index contributed by atoms with van der Waals surface area (Å²) in [4.78, 5) is 5.85. The van der Waals surface area contributed by atoms with E-state index in [9.17, 15) is 0 Å². The molecule has 18 heavy (non-hydrogen) atoms. The first kappa shape index (κ1) is 13.3. The maximum atomic E-state index is 4.42. The number of imidazole rings is 1. The standard InChI is InChI=1S/C14H21N3S/c1-14(2,3)16-9-12-10-17(11-15-12)7-6-13-5-4-8-18-13/h4-5,8,10-11,16H,6-7,9H2,1-3H3. The van der Waals surface area contributed by atoms with Crippen LogP contribution in [0.1, 0.15) is 31.3 Å². The second-order valence-electron chi connectivity index (χ2n) is 5.54. The fourth-order valence-electron chi connectivity index (χ4n) is 1.67. The third kappa shape index (κ3) is 4.27. The number of aromatic nitrogens is 2. The third-order valence-corrected chi connectivity index (χ3v) is 3.62. The molecule has 2 heterocycles. The SMILES string of the molecule is CC(C)(C)NCc1cn(CCc2cccs2)cn1. The van der Waals surface area contributed by atoms with Gasteiger partial charge in [0.25, 0.3) is 0 Å². The molecule has 3 nitrogen and oxygen atoms in total. The van der Waals surface area contributed by atoms with Crippen LogP contribution in [0.4, 0.5) is 0 Å². The average molecular weight is 263 g/mol. The van der Waals surface area contributed by atoms with E-state index < -0.39 is 0 Å². The van der Waals surface area contributed by atoms with Crippen LogP contribution in [0, 0.1) is 0 Å². The Balaban J connectivity index is 1.82. The van der Waals surface area contributed by atoms with Crippen molar-refractivity contribution < 1.29 is 0 Å². The normalized spacial score (nSPS) is 11.9. The highest BCUT2D eigenvalue weighted by molar-refractivity contribution is 7.09. The quantitative estimate of drug-likeness (QED) is 0.898.